The van der Waals surface area contributed by atoms with Gasteiger partial charge in [0.15, 0.2) is 0 Å². The van der Waals surface area contributed by atoms with Gasteiger partial charge in [0.2, 0.25) is 0 Å². The second-order valence-corrected chi connectivity index (χ2v) is 13.4. The molecule has 1 atom stereocenters. The summed E-state index contributed by atoms with van der Waals surface area (Å²) in [6.07, 6.45) is 3.85. The number of carbonyl (C=O) groups excluding carboxylic acids is 1. The molecule has 0 fully saturated rings. The number of H-pyrrole nitrogens is 1. The van der Waals surface area contributed by atoms with E-state index in [1.165, 1.54) is 0 Å². The van der Waals surface area contributed by atoms with Gasteiger partial charge in [-0.3, -0.25) is 0 Å². The number of carbonyl (C=O) groups is 1. The van der Waals surface area contributed by atoms with Crippen LogP contribution in [-0.4, -0.2) is 48.2 Å². The van der Waals surface area contributed by atoms with E-state index in [1.807, 2.05) is 26.7 Å². The van der Waals surface area contributed by atoms with Gasteiger partial charge in [-0.25, -0.2) is 0 Å². The number of nitrogens with two attached hydrogens (primary N) is 1. The average molecular weight is 229 g/mol. The van der Waals surface area contributed by atoms with E-state index in [-0.39, 0.29) is 5.52 Å². The first kappa shape index (κ1) is 12.3. The van der Waals surface area contributed by atoms with E-state index >= 15 is 0 Å². The van der Waals surface area contributed by atoms with E-state index < -0.39 is 12.6 Å². The van der Waals surface area contributed by atoms with E-state index in [0.29, 0.717) is 6.42 Å². The molecule has 1 rings (SSSR count). The van der Waals surface area contributed by atoms with Gasteiger partial charge in [-0.2, -0.15) is 0 Å². The maximum atomic E-state index is 12.1. The van der Waals surface area contributed by atoms with Crippen molar-refractivity contribution in [3.63, 3.8) is 0 Å². The Kier molecular flexibility index (Phi) is 3.04. The zero-order chi connectivity index (χ0) is 11.7. The standard InChI is InChI=1S/C10H20N3OP/c1-15(2,3,4)10(14)9(11)5-8-6-12-7-13-8/h6-7,9H,5,11H2,1-4H3,(H,12,13)/t9-/m0/s1. The van der Waals surface area contributed by atoms with Crippen molar-refractivity contribution in [2.24, 2.45) is 5.73 Å². The van der Waals surface area contributed by atoms with Crippen LogP contribution in [0.3, 0.4) is 0 Å². The zero-order valence-electron chi connectivity index (χ0n) is 9.82. The number of rotatable bonds is 4. The number of nitrogens with zero attached hydrogens (tertiary/aromatic N) is 1. The molecule has 15 heavy (non-hydrogen) atoms. The molecule has 0 saturated carbocycles. The molecule has 0 radical (unpaired) electrons. The fourth-order valence-corrected chi connectivity index (χ4v) is 2.80. The summed E-state index contributed by atoms with van der Waals surface area (Å²) in [7, 11) is 0. The Bertz CT molecular complexity index is 341. The number of nitrogens with one attached hydrogen (secondary N) is 1. The van der Waals surface area contributed by atoms with Gasteiger partial charge in [-0.15, -0.1) is 0 Å². The summed E-state index contributed by atoms with van der Waals surface area (Å²) in [5, 5.41) is 0. The van der Waals surface area contributed by atoms with Crippen molar-refractivity contribution >= 4 is 12.1 Å². The van der Waals surface area contributed by atoms with Crippen LogP contribution in [0.4, 0.5) is 0 Å². The van der Waals surface area contributed by atoms with Gasteiger partial charge in [0.05, 0.1) is 0 Å². The van der Waals surface area contributed by atoms with E-state index in [1.54, 1.807) is 12.5 Å². The number of aromatic amines is 1. The van der Waals surface area contributed by atoms with Crippen molar-refractivity contribution < 1.29 is 4.79 Å². The van der Waals surface area contributed by atoms with Gasteiger partial charge in [-0.1, -0.05) is 0 Å². The second-order valence-electron chi connectivity index (χ2n) is 5.80. The summed E-state index contributed by atoms with van der Waals surface area (Å²) in [6, 6.07) is -0.423. The quantitative estimate of drug-likeness (QED) is 0.753. The first-order valence-corrected chi connectivity index (χ1v) is 8.97. The van der Waals surface area contributed by atoms with Crippen molar-refractivity contribution in [1.82, 2.24) is 9.97 Å². The SMILES string of the molecule is CP(C)(C)(C)C(=O)[C@@H](N)Cc1cnc[nH]1. The van der Waals surface area contributed by atoms with Crippen molar-refractivity contribution in [2.45, 2.75) is 12.5 Å². The minimum atomic E-state index is -2.22. The molecule has 1 heterocycles. The minimum absolute atomic E-state index is 0.190. The molecule has 0 bridgehead atoms. The first-order valence-electron chi connectivity index (χ1n) is 4.94. The molecule has 4 nitrogen and oxygen atoms in total. The molecule has 5 heteroatoms. The van der Waals surface area contributed by atoms with Crippen LogP contribution in [-0.2, 0) is 11.2 Å². The third kappa shape index (κ3) is 3.40. The molecule has 0 amide bonds. The van der Waals surface area contributed by atoms with Crippen LogP contribution >= 0.6 is 6.60 Å². The second kappa shape index (κ2) is 3.69. The van der Waals surface area contributed by atoms with E-state index in [4.69, 9.17) is 5.73 Å². The molecule has 0 aliphatic carbocycles. The molecule has 0 aliphatic rings. The van der Waals surface area contributed by atoms with Crippen LogP contribution in [0.2, 0.25) is 0 Å². The van der Waals surface area contributed by atoms with Crippen molar-refractivity contribution in [1.29, 1.82) is 0 Å². The number of imidazole rings is 1. The van der Waals surface area contributed by atoms with Gasteiger partial charge in [0, 0.05) is 0 Å². The number of hydrogen-bond acceptors (Lipinski definition) is 3. The molecule has 3 N–H and O–H groups in total. The molecule has 86 valence electrons. The molecule has 0 aliphatic heterocycles. The fourth-order valence-electron chi connectivity index (χ4n) is 1.38. The van der Waals surface area contributed by atoms with E-state index in [0.717, 1.165) is 5.69 Å². The number of aromatic nitrogens is 2. The monoisotopic (exact) mass is 229 g/mol. The predicted octanol–water partition coefficient (Wildman–Crippen LogP) is 0.879. The van der Waals surface area contributed by atoms with Crippen LogP contribution in [0.1, 0.15) is 5.69 Å². The van der Waals surface area contributed by atoms with Crippen LogP contribution < -0.4 is 5.73 Å². The summed E-state index contributed by atoms with van der Waals surface area (Å²) in [4.78, 5) is 19.0. The maximum absolute atomic E-state index is 12.1. The van der Waals surface area contributed by atoms with Crippen LogP contribution in [0, 0.1) is 0 Å². The predicted molar refractivity (Wildman–Crippen MR) is 65.9 cm³/mol. The third-order valence-corrected chi connectivity index (χ3v) is 4.29. The van der Waals surface area contributed by atoms with Crippen molar-refractivity contribution in [3.05, 3.63) is 18.2 Å². The molecular formula is C10H20N3OP. The molecular weight excluding hydrogens is 209 g/mol. The van der Waals surface area contributed by atoms with E-state index in [2.05, 4.69) is 9.97 Å². The molecule has 0 saturated heterocycles. The third-order valence-electron chi connectivity index (χ3n) is 2.19. The summed E-state index contributed by atoms with van der Waals surface area (Å²) >= 11 is 0. The Morgan fingerprint density at radius 1 is 1.53 bits per heavy atom. The van der Waals surface area contributed by atoms with Gasteiger partial charge in [0.1, 0.15) is 0 Å². The fraction of sp³-hybridized carbons (Fsp3) is 0.600. The molecule has 1 aromatic rings. The normalized spacial score (nSPS) is 16.7. The van der Waals surface area contributed by atoms with Crippen molar-refractivity contribution in [2.75, 3.05) is 26.7 Å². The van der Waals surface area contributed by atoms with Crippen molar-refractivity contribution in [3.8, 4) is 0 Å². The first-order chi connectivity index (χ1) is 6.67. The van der Waals surface area contributed by atoms with Gasteiger partial charge in [-0.05, 0) is 0 Å². The van der Waals surface area contributed by atoms with E-state index in [9.17, 15) is 4.79 Å². The summed E-state index contributed by atoms with van der Waals surface area (Å²) < 4.78 is 0. The average Bonchev–Trinajstić information content (AvgIpc) is 2.52. The van der Waals surface area contributed by atoms with Crippen LogP contribution in [0.15, 0.2) is 12.5 Å². The van der Waals surface area contributed by atoms with Crippen LogP contribution in [0.25, 0.3) is 0 Å². The molecule has 0 spiro atoms. The summed E-state index contributed by atoms with van der Waals surface area (Å²) in [5.74, 6) is 0. The molecule has 1 aromatic heterocycles. The summed E-state index contributed by atoms with van der Waals surface area (Å²) in [5.41, 5.74) is 7.02. The summed E-state index contributed by atoms with van der Waals surface area (Å²) in [6.45, 7) is 5.90. The Hall–Kier alpha value is -0.730. The Balaban J connectivity index is 2.71. The van der Waals surface area contributed by atoms with Crippen LogP contribution in [0.5, 0.6) is 0 Å². The zero-order valence-corrected chi connectivity index (χ0v) is 10.7. The molecule has 0 aromatic carbocycles. The Morgan fingerprint density at radius 2 is 2.13 bits per heavy atom. The molecule has 0 unspecified atom stereocenters. The Labute approximate surface area is 90.6 Å². The van der Waals surface area contributed by atoms with Gasteiger partial charge in [0.25, 0.3) is 0 Å². The number of hydrogen-bond donors (Lipinski definition) is 2. The Morgan fingerprint density at radius 3 is 2.53 bits per heavy atom. The topological polar surface area (TPSA) is 71.8 Å². The van der Waals surface area contributed by atoms with Gasteiger partial charge < -0.3 is 0 Å². The van der Waals surface area contributed by atoms with Gasteiger partial charge >= 0.3 is 90.0 Å².